The molecule has 0 amide bonds. The van der Waals surface area contributed by atoms with Gasteiger partial charge in [0.15, 0.2) is 5.65 Å². The zero-order valence-electron chi connectivity index (χ0n) is 7.51. The van der Waals surface area contributed by atoms with Gasteiger partial charge in [-0.1, -0.05) is 6.58 Å². The second kappa shape index (κ2) is 5.64. The normalized spacial score (nSPS) is 8.64. The monoisotopic (exact) mass is 190 g/mol. The summed E-state index contributed by atoms with van der Waals surface area (Å²) < 4.78 is 0. The Morgan fingerprint density at radius 3 is 3.00 bits per heavy atom. The number of fused-ring (bicyclic) bond motifs is 1. The van der Waals surface area contributed by atoms with Crippen LogP contribution in [0.3, 0.4) is 0 Å². The molecule has 0 aromatic carbocycles. The van der Waals surface area contributed by atoms with E-state index in [1.54, 1.807) is 12.5 Å². The number of hydrogen-bond acceptors (Lipinski definition) is 4. The molecule has 0 aliphatic heterocycles. The molecule has 0 aliphatic rings. The van der Waals surface area contributed by atoms with Crippen LogP contribution < -0.4 is 0 Å². The molecule has 0 saturated carbocycles. The van der Waals surface area contributed by atoms with E-state index in [-0.39, 0.29) is 6.61 Å². The molecule has 2 heterocycles. The number of hydrogen-bond donors (Lipinski definition) is 2. The fourth-order valence-electron chi connectivity index (χ4n) is 0.755. The molecule has 0 fully saturated rings. The Kier molecular flexibility index (Phi) is 4.07. The van der Waals surface area contributed by atoms with Gasteiger partial charge in [0.25, 0.3) is 0 Å². The average Bonchev–Trinajstić information content (AvgIpc) is 2.67. The van der Waals surface area contributed by atoms with Crippen molar-refractivity contribution in [3.8, 4) is 0 Å². The number of H-pyrrole nitrogens is 1. The number of aromatic nitrogens is 4. The van der Waals surface area contributed by atoms with Gasteiger partial charge in [-0.3, -0.25) is 0 Å². The van der Waals surface area contributed by atoms with Gasteiger partial charge < -0.3 is 10.1 Å². The summed E-state index contributed by atoms with van der Waals surface area (Å²) in [4.78, 5) is 14.5. The molecule has 0 radical (unpaired) electrons. The number of aliphatic hydroxyl groups is 1. The zero-order chi connectivity index (χ0) is 10.2. The van der Waals surface area contributed by atoms with Crippen LogP contribution in [-0.2, 0) is 0 Å². The van der Waals surface area contributed by atoms with Gasteiger partial charge in [0.2, 0.25) is 0 Å². The van der Waals surface area contributed by atoms with Crippen LogP contribution in [0.5, 0.6) is 0 Å². The molecule has 2 rings (SSSR count). The first kappa shape index (κ1) is 10.1. The molecule has 0 unspecified atom stereocenters. The minimum absolute atomic E-state index is 0.0451. The van der Waals surface area contributed by atoms with Crippen LogP contribution in [-0.4, -0.2) is 31.6 Å². The Hall–Kier alpha value is -1.97. The van der Waals surface area contributed by atoms with Crippen molar-refractivity contribution in [3.05, 3.63) is 37.2 Å². The standard InChI is InChI=1S/C5H4N4.C4H6O/c1-4-5(8-2-6-1)9-3-7-4;1-2-3-4-5/h1-3H,(H,6,7,8,9);3,5H,1,4H2. The highest BCUT2D eigenvalue weighted by Crippen LogP contribution is 1.99. The number of aliphatic hydroxyl groups excluding tert-OH is 1. The molecule has 2 aromatic heterocycles. The lowest BCUT2D eigenvalue weighted by molar-refractivity contribution is 0.343. The first-order chi connectivity index (χ1) is 6.88. The first-order valence-electron chi connectivity index (χ1n) is 3.92. The molecule has 0 atom stereocenters. The first-order valence-corrected chi connectivity index (χ1v) is 3.92. The van der Waals surface area contributed by atoms with Crippen LogP contribution in [0.15, 0.2) is 37.2 Å². The lowest BCUT2D eigenvalue weighted by Crippen LogP contribution is -1.76. The molecule has 0 spiro atoms. The third kappa shape index (κ3) is 2.82. The highest BCUT2D eigenvalue weighted by atomic mass is 16.2. The van der Waals surface area contributed by atoms with Gasteiger partial charge in [-0.15, -0.1) is 5.73 Å². The van der Waals surface area contributed by atoms with Crippen molar-refractivity contribution in [3.63, 3.8) is 0 Å². The van der Waals surface area contributed by atoms with Crippen molar-refractivity contribution in [1.82, 2.24) is 19.9 Å². The largest absolute Gasteiger partial charge is 0.392 e. The zero-order valence-corrected chi connectivity index (χ0v) is 7.51. The van der Waals surface area contributed by atoms with Crippen LogP contribution >= 0.6 is 0 Å². The van der Waals surface area contributed by atoms with E-state index in [0.29, 0.717) is 5.65 Å². The van der Waals surface area contributed by atoms with Gasteiger partial charge in [0, 0.05) is 0 Å². The van der Waals surface area contributed by atoms with Gasteiger partial charge in [-0.2, -0.15) is 0 Å². The molecule has 0 saturated heterocycles. The highest BCUT2D eigenvalue weighted by Gasteiger charge is 1.91. The minimum atomic E-state index is 0.0451. The summed E-state index contributed by atoms with van der Waals surface area (Å²) in [6, 6.07) is 0. The van der Waals surface area contributed by atoms with E-state index in [1.165, 1.54) is 12.4 Å². The van der Waals surface area contributed by atoms with Gasteiger partial charge in [0.05, 0.1) is 19.1 Å². The van der Waals surface area contributed by atoms with Crippen molar-refractivity contribution in [2.75, 3.05) is 6.61 Å². The fourth-order valence-corrected chi connectivity index (χ4v) is 0.755. The van der Waals surface area contributed by atoms with E-state index in [2.05, 4.69) is 32.2 Å². The maximum atomic E-state index is 7.91. The van der Waals surface area contributed by atoms with E-state index >= 15 is 0 Å². The number of nitrogens with zero attached hydrogens (tertiary/aromatic N) is 3. The van der Waals surface area contributed by atoms with Crippen molar-refractivity contribution in [1.29, 1.82) is 0 Å². The van der Waals surface area contributed by atoms with Crippen LogP contribution in [0.1, 0.15) is 0 Å². The molecule has 5 nitrogen and oxygen atoms in total. The topological polar surface area (TPSA) is 74.7 Å². The Balaban J connectivity index is 0.000000171. The summed E-state index contributed by atoms with van der Waals surface area (Å²) in [5.74, 6) is 0. The van der Waals surface area contributed by atoms with Crippen molar-refractivity contribution < 1.29 is 5.11 Å². The Morgan fingerprint density at radius 2 is 2.43 bits per heavy atom. The Labute approximate surface area is 80.9 Å². The quantitative estimate of drug-likeness (QED) is 0.648. The molecule has 0 aliphatic carbocycles. The Bertz CT molecular complexity index is 401. The highest BCUT2D eigenvalue weighted by molar-refractivity contribution is 5.67. The molecular weight excluding hydrogens is 180 g/mol. The van der Waals surface area contributed by atoms with Crippen LogP contribution in [0.4, 0.5) is 0 Å². The summed E-state index contributed by atoms with van der Waals surface area (Å²) in [7, 11) is 0. The van der Waals surface area contributed by atoms with E-state index in [9.17, 15) is 0 Å². The third-order valence-corrected chi connectivity index (χ3v) is 1.33. The lowest BCUT2D eigenvalue weighted by Gasteiger charge is -1.80. The third-order valence-electron chi connectivity index (χ3n) is 1.33. The van der Waals surface area contributed by atoms with Crippen LogP contribution in [0, 0.1) is 0 Å². The summed E-state index contributed by atoms with van der Waals surface area (Å²) in [6.45, 7) is 3.26. The van der Waals surface area contributed by atoms with Gasteiger partial charge in [-0.05, 0) is 6.08 Å². The Morgan fingerprint density at radius 1 is 1.57 bits per heavy atom. The maximum Gasteiger partial charge on any atom is 0.180 e. The van der Waals surface area contributed by atoms with Crippen molar-refractivity contribution in [2.24, 2.45) is 0 Å². The van der Waals surface area contributed by atoms with Crippen LogP contribution in [0.2, 0.25) is 0 Å². The maximum absolute atomic E-state index is 7.91. The van der Waals surface area contributed by atoms with E-state index in [1.807, 2.05) is 0 Å². The second-order valence-corrected chi connectivity index (χ2v) is 2.25. The summed E-state index contributed by atoms with van der Waals surface area (Å²) in [6.07, 6.45) is 6.21. The van der Waals surface area contributed by atoms with E-state index in [0.717, 1.165) is 5.52 Å². The van der Waals surface area contributed by atoms with Gasteiger partial charge >= 0.3 is 0 Å². The summed E-state index contributed by atoms with van der Waals surface area (Å²) in [5, 5.41) is 7.91. The smallest absolute Gasteiger partial charge is 0.180 e. The number of rotatable bonds is 1. The number of nitrogens with one attached hydrogen (secondary N) is 1. The second-order valence-electron chi connectivity index (χ2n) is 2.25. The number of imidazole rings is 1. The van der Waals surface area contributed by atoms with Crippen molar-refractivity contribution >= 4 is 11.2 Å². The van der Waals surface area contributed by atoms with Crippen molar-refractivity contribution in [2.45, 2.75) is 0 Å². The van der Waals surface area contributed by atoms with Gasteiger partial charge in [0.1, 0.15) is 11.8 Å². The molecule has 2 N–H and O–H groups in total. The predicted molar refractivity (Wildman–Crippen MR) is 52.5 cm³/mol. The average molecular weight is 190 g/mol. The van der Waals surface area contributed by atoms with E-state index in [4.69, 9.17) is 5.11 Å². The SMILES string of the molecule is C=C=CCO.c1ncc2[nH]cnc2n1. The molecule has 0 bridgehead atoms. The summed E-state index contributed by atoms with van der Waals surface area (Å²) >= 11 is 0. The molecular formula is C9H10N4O. The molecule has 14 heavy (non-hydrogen) atoms. The lowest BCUT2D eigenvalue weighted by atomic mass is 10.6. The molecule has 72 valence electrons. The minimum Gasteiger partial charge on any atom is -0.392 e. The van der Waals surface area contributed by atoms with Gasteiger partial charge in [-0.25, -0.2) is 15.0 Å². The predicted octanol–water partition coefficient (Wildman–Crippen LogP) is 0.673. The molecule has 5 heteroatoms. The molecule has 2 aromatic rings. The van der Waals surface area contributed by atoms with Crippen LogP contribution in [0.25, 0.3) is 11.2 Å². The van der Waals surface area contributed by atoms with E-state index < -0.39 is 0 Å². The fraction of sp³-hybridized carbons (Fsp3) is 0.111. The number of aromatic amines is 1. The summed E-state index contributed by atoms with van der Waals surface area (Å²) in [5.41, 5.74) is 3.98.